The van der Waals surface area contributed by atoms with Crippen LogP contribution >= 0.6 is 0 Å². The molecule has 33 heavy (non-hydrogen) atoms. The average Bonchev–Trinajstić information content (AvgIpc) is 3.50. The highest BCUT2D eigenvalue weighted by Crippen LogP contribution is 2.38. The van der Waals surface area contributed by atoms with Crippen LogP contribution in [0, 0.1) is 0 Å². The summed E-state index contributed by atoms with van der Waals surface area (Å²) in [5.74, 6) is -0.148. The van der Waals surface area contributed by atoms with Crippen LogP contribution in [0.1, 0.15) is 76.8 Å². The molecular weight excluding hydrogens is 416 g/mol. The molecule has 0 amide bonds. The van der Waals surface area contributed by atoms with E-state index in [1.165, 1.54) is 19.3 Å². The standard InChI is InChI=1S/C25H34N6O2/c1-2-18-33-24(32)14-11-17-30-20-23(27-28-30)25(15-9-4-3-5-10-16-25)31-19-22(26-29-31)21-12-7-6-8-13-21/h6-8,12-13,19-20H,2-5,9-11,14-18H2,1H3. The molecule has 176 valence electrons. The fraction of sp³-hybridized carbons (Fsp3) is 0.560. The summed E-state index contributed by atoms with van der Waals surface area (Å²) in [7, 11) is 0. The van der Waals surface area contributed by atoms with Gasteiger partial charge in [-0.15, -0.1) is 10.2 Å². The van der Waals surface area contributed by atoms with E-state index in [4.69, 9.17) is 4.74 Å². The largest absolute Gasteiger partial charge is 0.466 e. The van der Waals surface area contributed by atoms with Crippen LogP contribution in [0.2, 0.25) is 0 Å². The molecule has 3 aromatic rings. The predicted octanol–water partition coefficient (Wildman–Crippen LogP) is 4.76. The van der Waals surface area contributed by atoms with Crippen molar-refractivity contribution in [2.24, 2.45) is 0 Å². The number of aromatic nitrogens is 6. The van der Waals surface area contributed by atoms with E-state index >= 15 is 0 Å². The van der Waals surface area contributed by atoms with Crippen LogP contribution in [0.25, 0.3) is 11.3 Å². The van der Waals surface area contributed by atoms with E-state index in [0.717, 1.165) is 49.1 Å². The Hall–Kier alpha value is -3.03. The highest BCUT2D eigenvalue weighted by molar-refractivity contribution is 5.69. The van der Waals surface area contributed by atoms with Crippen LogP contribution in [0.3, 0.4) is 0 Å². The van der Waals surface area contributed by atoms with Crippen molar-refractivity contribution >= 4 is 5.97 Å². The van der Waals surface area contributed by atoms with Gasteiger partial charge in [0.1, 0.15) is 16.9 Å². The van der Waals surface area contributed by atoms with E-state index < -0.39 is 0 Å². The van der Waals surface area contributed by atoms with E-state index in [0.29, 0.717) is 26.0 Å². The van der Waals surface area contributed by atoms with E-state index in [1.54, 1.807) is 0 Å². The van der Waals surface area contributed by atoms with Gasteiger partial charge in [-0.3, -0.25) is 9.48 Å². The number of carbonyl (C=O) groups is 1. The molecule has 0 bridgehead atoms. The Balaban J connectivity index is 1.54. The van der Waals surface area contributed by atoms with E-state index in [9.17, 15) is 4.79 Å². The number of carbonyl (C=O) groups excluding carboxylic acids is 1. The molecule has 4 rings (SSSR count). The third kappa shape index (κ3) is 5.67. The Morgan fingerprint density at radius 1 is 1.00 bits per heavy atom. The highest BCUT2D eigenvalue weighted by Gasteiger charge is 2.38. The average molecular weight is 451 g/mol. The number of benzene rings is 1. The second-order valence-corrected chi connectivity index (χ2v) is 8.90. The summed E-state index contributed by atoms with van der Waals surface area (Å²) in [6, 6.07) is 10.2. The van der Waals surface area contributed by atoms with Gasteiger partial charge in [-0.05, 0) is 25.7 Å². The first-order valence-electron chi connectivity index (χ1n) is 12.3. The Morgan fingerprint density at radius 3 is 2.52 bits per heavy atom. The maximum atomic E-state index is 11.8. The molecular formula is C25H34N6O2. The second kappa shape index (κ2) is 11.2. The number of rotatable bonds is 9. The first kappa shape index (κ1) is 23.1. The van der Waals surface area contributed by atoms with Gasteiger partial charge in [0.2, 0.25) is 0 Å². The molecule has 0 aliphatic heterocycles. The summed E-state index contributed by atoms with van der Waals surface area (Å²) in [5, 5.41) is 18.1. The molecule has 1 saturated carbocycles. The summed E-state index contributed by atoms with van der Waals surface area (Å²) in [6.07, 6.45) is 13.9. The molecule has 8 heteroatoms. The predicted molar refractivity (Wildman–Crippen MR) is 125 cm³/mol. The molecule has 1 fully saturated rings. The van der Waals surface area contributed by atoms with Gasteiger partial charge >= 0.3 is 5.97 Å². The minimum Gasteiger partial charge on any atom is -0.466 e. The first-order chi connectivity index (χ1) is 16.2. The molecule has 0 N–H and O–H groups in total. The van der Waals surface area contributed by atoms with Gasteiger partial charge in [0.15, 0.2) is 0 Å². The summed E-state index contributed by atoms with van der Waals surface area (Å²) >= 11 is 0. The number of ether oxygens (including phenoxy) is 1. The molecule has 0 spiro atoms. The molecule has 0 radical (unpaired) electrons. The van der Waals surface area contributed by atoms with Crippen LogP contribution in [-0.4, -0.2) is 42.6 Å². The van der Waals surface area contributed by atoms with E-state index in [1.807, 2.05) is 40.7 Å². The van der Waals surface area contributed by atoms with Crippen molar-refractivity contribution in [3.63, 3.8) is 0 Å². The lowest BCUT2D eigenvalue weighted by molar-refractivity contribution is -0.143. The number of hydrogen-bond donors (Lipinski definition) is 0. The molecule has 0 unspecified atom stereocenters. The van der Waals surface area contributed by atoms with Gasteiger partial charge in [0.25, 0.3) is 0 Å². The SMILES string of the molecule is CCCOC(=O)CCCn1cc(C2(n3cc(-c4ccccc4)nn3)CCCCCCC2)nn1. The Labute approximate surface area is 195 Å². The van der Waals surface area contributed by atoms with Crippen LogP contribution in [0.5, 0.6) is 0 Å². The van der Waals surface area contributed by atoms with Crippen molar-refractivity contribution in [2.75, 3.05) is 6.61 Å². The van der Waals surface area contributed by atoms with Gasteiger partial charge in [0, 0.05) is 18.5 Å². The Kier molecular flexibility index (Phi) is 7.86. The molecule has 1 aliphatic rings. The number of nitrogens with zero attached hydrogens (tertiary/aromatic N) is 6. The normalized spacial score (nSPS) is 16.2. The van der Waals surface area contributed by atoms with Crippen LogP contribution < -0.4 is 0 Å². The van der Waals surface area contributed by atoms with Crippen molar-refractivity contribution in [1.29, 1.82) is 0 Å². The summed E-state index contributed by atoms with van der Waals surface area (Å²) in [4.78, 5) is 11.8. The third-order valence-corrected chi connectivity index (χ3v) is 6.43. The minimum atomic E-state index is -0.348. The molecule has 2 heterocycles. The maximum Gasteiger partial charge on any atom is 0.305 e. The molecule has 1 aromatic carbocycles. The zero-order chi connectivity index (χ0) is 22.9. The van der Waals surface area contributed by atoms with Gasteiger partial charge in [-0.1, -0.05) is 79.8 Å². The fourth-order valence-corrected chi connectivity index (χ4v) is 4.60. The topological polar surface area (TPSA) is 87.7 Å². The quantitative estimate of drug-likeness (QED) is 0.437. The number of aryl methyl sites for hydroxylation is 1. The molecule has 1 aliphatic carbocycles. The monoisotopic (exact) mass is 450 g/mol. The van der Waals surface area contributed by atoms with Crippen molar-refractivity contribution in [3.8, 4) is 11.3 Å². The Morgan fingerprint density at radius 2 is 1.76 bits per heavy atom. The van der Waals surface area contributed by atoms with Gasteiger partial charge in [-0.25, -0.2) is 4.68 Å². The lowest BCUT2D eigenvalue weighted by atomic mass is 9.81. The van der Waals surface area contributed by atoms with Gasteiger partial charge in [0.05, 0.1) is 19.0 Å². The number of esters is 1. The lowest BCUT2D eigenvalue weighted by Gasteiger charge is -2.33. The van der Waals surface area contributed by atoms with Crippen molar-refractivity contribution < 1.29 is 9.53 Å². The molecule has 2 aromatic heterocycles. The van der Waals surface area contributed by atoms with Crippen molar-refractivity contribution in [1.82, 2.24) is 30.0 Å². The van der Waals surface area contributed by atoms with Crippen LogP contribution in [-0.2, 0) is 21.6 Å². The van der Waals surface area contributed by atoms with Crippen molar-refractivity contribution in [3.05, 3.63) is 48.4 Å². The minimum absolute atomic E-state index is 0.148. The number of hydrogen-bond acceptors (Lipinski definition) is 6. The summed E-state index contributed by atoms with van der Waals surface area (Å²) < 4.78 is 9.04. The summed E-state index contributed by atoms with van der Waals surface area (Å²) in [6.45, 7) is 3.11. The maximum absolute atomic E-state index is 11.8. The molecule has 8 nitrogen and oxygen atoms in total. The Bertz CT molecular complexity index is 1000. The lowest BCUT2D eigenvalue weighted by Crippen LogP contribution is -2.37. The first-order valence-corrected chi connectivity index (χ1v) is 12.3. The van der Waals surface area contributed by atoms with E-state index in [-0.39, 0.29) is 11.5 Å². The van der Waals surface area contributed by atoms with E-state index in [2.05, 4.69) is 39.0 Å². The molecule has 0 saturated heterocycles. The zero-order valence-electron chi connectivity index (χ0n) is 19.5. The molecule has 0 atom stereocenters. The summed E-state index contributed by atoms with van der Waals surface area (Å²) in [5.41, 5.74) is 2.51. The zero-order valence-corrected chi connectivity index (χ0v) is 19.5. The van der Waals surface area contributed by atoms with Gasteiger partial charge in [-0.2, -0.15) is 0 Å². The fourth-order valence-electron chi connectivity index (χ4n) is 4.60. The van der Waals surface area contributed by atoms with Crippen molar-refractivity contribution in [2.45, 2.75) is 83.2 Å². The van der Waals surface area contributed by atoms with Crippen LogP contribution in [0.15, 0.2) is 42.7 Å². The van der Waals surface area contributed by atoms with Gasteiger partial charge < -0.3 is 4.74 Å². The smallest absolute Gasteiger partial charge is 0.305 e. The van der Waals surface area contributed by atoms with Crippen LogP contribution in [0.4, 0.5) is 0 Å². The highest BCUT2D eigenvalue weighted by atomic mass is 16.5. The third-order valence-electron chi connectivity index (χ3n) is 6.43. The second-order valence-electron chi connectivity index (χ2n) is 8.90.